The number of allylic oxidation sites excluding steroid dienone is 9. The van der Waals surface area contributed by atoms with Gasteiger partial charge in [-0.05, 0) is 63.9 Å². The molecule has 2 unspecified atom stereocenters. The van der Waals surface area contributed by atoms with Crippen molar-refractivity contribution in [3.05, 3.63) is 95.7 Å². The third kappa shape index (κ3) is 25.4. The fraction of sp³-hybridized carbons (Fsp3) is 0.640. The third-order valence-corrected chi connectivity index (χ3v) is 14.4. The maximum absolute atomic E-state index is 13.3. The van der Waals surface area contributed by atoms with Gasteiger partial charge in [0.1, 0.15) is 30.9 Å². The molecule has 0 aromatic carbocycles. The molecule has 0 aliphatic carbocycles. The molecule has 1 aromatic heterocycles. The monoisotopic (exact) mass is 1070 g/mol. The van der Waals surface area contributed by atoms with Gasteiger partial charge in [0.15, 0.2) is 6.10 Å². The van der Waals surface area contributed by atoms with E-state index in [4.69, 9.17) is 29.0 Å². The number of cyclic esters (lactones) is 1. The number of carbonyl (C=O) groups is 2. The van der Waals surface area contributed by atoms with Crippen LogP contribution in [-0.4, -0.2) is 119 Å². The van der Waals surface area contributed by atoms with Crippen LogP contribution >= 0.6 is 15.6 Å². The Kier molecular flexibility index (Phi) is 30.0. The van der Waals surface area contributed by atoms with Gasteiger partial charge in [0.05, 0.1) is 44.1 Å². The molecule has 0 radical (unpaired) electrons. The molecule has 12 atom stereocenters. The Hall–Kier alpha value is -3.92. The summed E-state index contributed by atoms with van der Waals surface area (Å²) in [6, 6.07) is 1.21. The van der Waals surface area contributed by atoms with E-state index in [1.165, 1.54) is 49.6 Å². The number of aliphatic hydroxyl groups excluding tert-OH is 5. The highest BCUT2D eigenvalue weighted by atomic mass is 31.3. The highest BCUT2D eigenvalue weighted by Crippen LogP contribution is 2.60. The number of nitrogens with zero attached hydrogens (tertiary/aromatic N) is 2. The van der Waals surface area contributed by atoms with E-state index in [0.29, 0.717) is 32.1 Å². The molecule has 3 heterocycles. The van der Waals surface area contributed by atoms with Gasteiger partial charge < -0.3 is 55.3 Å². The number of ether oxygens (including phenoxy) is 3. The van der Waals surface area contributed by atoms with E-state index in [9.17, 15) is 58.8 Å². The third-order valence-electron chi connectivity index (χ3n) is 11.8. The summed E-state index contributed by atoms with van der Waals surface area (Å²) in [6.07, 6.45) is 19.1. The predicted molar refractivity (Wildman–Crippen MR) is 272 cm³/mol. The Morgan fingerprint density at radius 1 is 0.836 bits per heavy atom. The van der Waals surface area contributed by atoms with Crippen LogP contribution in [0.25, 0.3) is 0 Å². The van der Waals surface area contributed by atoms with Crippen molar-refractivity contribution in [3.63, 3.8) is 0 Å². The molecule has 0 amide bonds. The lowest BCUT2D eigenvalue weighted by atomic mass is 9.82. The first-order valence-corrected chi connectivity index (χ1v) is 28.2. The Bertz CT molecular complexity index is 2130. The van der Waals surface area contributed by atoms with Gasteiger partial charge >= 0.3 is 33.3 Å². The van der Waals surface area contributed by atoms with Crippen LogP contribution in [0.1, 0.15) is 129 Å². The number of hydrogen-bond donors (Lipinski definition) is 8. The maximum atomic E-state index is 13.3. The number of phosphoric ester groups is 2. The molecule has 3 rings (SSSR count). The van der Waals surface area contributed by atoms with Crippen LogP contribution in [0.5, 0.6) is 0 Å². The van der Waals surface area contributed by atoms with Gasteiger partial charge in [0, 0.05) is 30.9 Å². The standard InChI is InChI=1S/C50H79N3O18P2/c1-3-5-7-8-9-10-11-12-13-14-15-16-17-18-19-20-22-28-46(58)69-38-34-66-45(57)27-24-23-26-40-42(56)33-41(55)39(30-29-37(54)25-21-6-4-2)47(59)48(60)43(36-68-73(64,65)71-72(62,63)67-35-38)70-49(40)53-32-31-44(51)52-50(53)61/h9-10,12-13,15-16,18-19,23-24,29-32,37-43,47-49,54-56,59-60H,3-8,11,14,17,20-22,25-28,33-36H2,1-2H3,(H,62,63)(H,64,65)(H2,51,52,61)/b10-9-,13-12-,16-15-,19-18-,24-23-,30-29+/t37-,38-,39+,40-,41-,42+,43-,47+,48-,49-/m1/s1. The molecule has 2 bridgehead atoms. The molecule has 9 N–H and O–H groups in total. The molecule has 2 aliphatic rings. The first-order valence-electron chi connectivity index (χ1n) is 25.2. The van der Waals surface area contributed by atoms with Crippen LogP contribution in [0.3, 0.4) is 0 Å². The minimum atomic E-state index is -5.71. The number of unbranched alkanes of at least 4 members (excludes halogenated alkanes) is 6. The zero-order valence-corrected chi connectivity index (χ0v) is 43.8. The summed E-state index contributed by atoms with van der Waals surface area (Å²) in [4.78, 5) is 64.2. The number of fused-ring (bicyclic) bond motifs is 3. The van der Waals surface area contributed by atoms with Crippen LogP contribution in [0.4, 0.5) is 5.82 Å². The fourth-order valence-corrected chi connectivity index (χ4v) is 9.90. The normalized spacial score (nSPS) is 30.6. The number of nitrogens with two attached hydrogens (primary N) is 1. The SMILES string of the molecule is CCCCC/C=C\C/C=C\C/C=C\C/C=C\CCCC(=O)O[C@@H]1COC(=O)C/C=C\C[C@H]2[C@H](n3ccc(N)nc3=O)O[C@H](COP(=O)(O)OP(=O)(O)OC1)[C@@H](O)[C@@H](O)[C@@H](/C=C/[C@H](O)CCCCC)[C@H](O)C[C@@H]2O. The van der Waals surface area contributed by atoms with Crippen LogP contribution in [-0.2, 0) is 46.3 Å². The fourth-order valence-electron chi connectivity index (χ4n) is 7.79. The Morgan fingerprint density at radius 2 is 1.45 bits per heavy atom. The number of aliphatic hydroxyl groups is 5. The van der Waals surface area contributed by atoms with E-state index >= 15 is 0 Å². The summed E-state index contributed by atoms with van der Waals surface area (Å²) < 4.78 is 58.6. The van der Waals surface area contributed by atoms with Crippen molar-refractivity contribution in [2.45, 2.75) is 172 Å². The van der Waals surface area contributed by atoms with E-state index in [1.54, 1.807) is 0 Å². The van der Waals surface area contributed by atoms with Gasteiger partial charge in [0.2, 0.25) is 0 Å². The first-order chi connectivity index (χ1) is 34.9. The number of hydrogen-bond acceptors (Lipinski definition) is 18. The van der Waals surface area contributed by atoms with E-state index in [2.05, 4.69) is 46.6 Å². The largest absolute Gasteiger partial charge is 0.481 e. The number of anilines is 1. The molecule has 23 heteroatoms. The number of carbonyl (C=O) groups excluding carboxylic acids is 2. The summed E-state index contributed by atoms with van der Waals surface area (Å²) >= 11 is 0. The lowest BCUT2D eigenvalue weighted by Crippen LogP contribution is -2.52. The van der Waals surface area contributed by atoms with Gasteiger partial charge in [-0.1, -0.05) is 119 Å². The summed E-state index contributed by atoms with van der Waals surface area (Å²) in [7, 11) is -11.3. The zero-order chi connectivity index (χ0) is 53.7. The van der Waals surface area contributed by atoms with Gasteiger partial charge in [-0.3, -0.25) is 23.2 Å². The quantitative estimate of drug-likeness (QED) is 0.0266. The van der Waals surface area contributed by atoms with Crippen molar-refractivity contribution in [3.8, 4) is 0 Å². The van der Waals surface area contributed by atoms with Crippen molar-refractivity contribution < 1.29 is 81.6 Å². The molecular formula is C50H79N3O18P2. The second-order valence-corrected chi connectivity index (χ2v) is 21.0. The van der Waals surface area contributed by atoms with Crippen molar-refractivity contribution in [1.29, 1.82) is 0 Å². The Balaban J connectivity index is 1.81. The van der Waals surface area contributed by atoms with Crippen LogP contribution in [0.15, 0.2) is 90.0 Å². The van der Waals surface area contributed by atoms with Crippen LogP contribution < -0.4 is 11.4 Å². The molecule has 1 saturated heterocycles. The van der Waals surface area contributed by atoms with Crippen molar-refractivity contribution in [2.24, 2.45) is 11.8 Å². The van der Waals surface area contributed by atoms with E-state index < -0.39 is 127 Å². The van der Waals surface area contributed by atoms with Crippen LogP contribution in [0.2, 0.25) is 0 Å². The summed E-state index contributed by atoms with van der Waals surface area (Å²) in [5.74, 6) is -4.53. The lowest BCUT2D eigenvalue weighted by molar-refractivity contribution is -0.194. The Labute approximate surface area is 428 Å². The highest BCUT2D eigenvalue weighted by Gasteiger charge is 2.45. The molecule has 412 valence electrons. The van der Waals surface area contributed by atoms with E-state index in [-0.39, 0.29) is 18.7 Å². The number of rotatable bonds is 22. The molecule has 1 aromatic rings. The minimum absolute atomic E-state index is 0.0937. The molecule has 73 heavy (non-hydrogen) atoms. The molecular weight excluding hydrogens is 993 g/mol. The van der Waals surface area contributed by atoms with Gasteiger partial charge in [-0.15, -0.1) is 0 Å². The van der Waals surface area contributed by atoms with Gasteiger partial charge in [-0.25, -0.2) is 13.9 Å². The predicted octanol–water partition coefficient (Wildman–Crippen LogP) is 6.49. The van der Waals surface area contributed by atoms with Crippen molar-refractivity contribution in [1.82, 2.24) is 9.55 Å². The number of phosphoric acid groups is 2. The van der Waals surface area contributed by atoms with Gasteiger partial charge in [-0.2, -0.15) is 9.29 Å². The first kappa shape index (κ1) is 63.4. The van der Waals surface area contributed by atoms with Crippen molar-refractivity contribution in [2.75, 3.05) is 25.6 Å². The average molecular weight is 1070 g/mol. The minimum Gasteiger partial charge on any atom is -0.461 e. The van der Waals surface area contributed by atoms with E-state index in [0.717, 1.165) is 42.9 Å². The Morgan fingerprint density at radius 3 is 2.10 bits per heavy atom. The molecule has 2 aliphatic heterocycles. The average Bonchev–Trinajstić information content (AvgIpc) is 3.33. The van der Waals surface area contributed by atoms with E-state index in [1.807, 2.05) is 25.2 Å². The molecule has 0 spiro atoms. The number of nitrogen functional groups attached to an aromatic ring is 1. The second-order valence-electron chi connectivity index (χ2n) is 17.9. The number of aromatic nitrogens is 2. The highest BCUT2D eigenvalue weighted by molar-refractivity contribution is 7.61. The molecule has 0 saturated carbocycles. The zero-order valence-electron chi connectivity index (χ0n) is 42.0. The molecule has 21 nitrogen and oxygen atoms in total. The summed E-state index contributed by atoms with van der Waals surface area (Å²) in [5.41, 5.74) is 4.72. The van der Waals surface area contributed by atoms with Crippen LogP contribution in [0, 0.1) is 11.8 Å². The topological polar surface area (TPSA) is 326 Å². The maximum Gasteiger partial charge on any atom is 0.481 e. The molecule has 1 fully saturated rings. The number of esters is 2. The summed E-state index contributed by atoms with van der Waals surface area (Å²) in [6.45, 7) is 1.31. The van der Waals surface area contributed by atoms with Gasteiger partial charge in [0.25, 0.3) is 0 Å². The lowest BCUT2D eigenvalue weighted by Gasteiger charge is -2.40. The smallest absolute Gasteiger partial charge is 0.461 e. The van der Waals surface area contributed by atoms with Crippen molar-refractivity contribution >= 4 is 33.4 Å². The summed E-state index contributed by atoms with van der Waals surface area (Å²) in [5, 5.41) is 57.3. The second kappa shape index (κ2) is 34.6.